The molecule has 0 fully saturated rings. The van der Waals surface area contributed by atoms with Gasteiger partial charge in [-0.2, -0.15) is 10.4 Å². The summed E-state index contributed by atoms with van der Waals surface area (Å²) in [5, 5.41) is 19.1. The minimum atomic E-state index is 0.680. The van der Waals surface area contributed by atoms with E-state index in [2.05, 4.69) is 35.3 Å². The number of rotatable bonds is 1. The fraction of sp³-hybridized carbons (Fsp3) is 0.227. The van der Waals surface area contributed by atoms with E-state index in [1.165, 1.54) is 34.7 Å². The number of hydrogen-bond acceptors (Lipinski definition) is 3. The SMILES string of the molecule is Cc1n[nH]c2ccc3nc(-c4ccc(C#N)cc4)c4c(c3c12)CCCC4. The summed E-state index contributed by atoms with van der Waals surface area (Å²) in [5.74, 6) is 0. The van der Waals surface area contributed by atoms with Gasteiger partial charge < -0.3 is 0 Å². The summed E-state index contributed by atoms with van der Waals surface area (Å²) in [6.45, 7) is 2.06. The molecule has 0 saturated heterocycles. The molecule has 126 valence electrons. The lowest BCUT2D eigenvalue weighted by Crippen LogP contribution is -2.08. The lowest BCUT2D eigenvalue weighted by molar-refractivity contribution is 0.689. The molecule has 4 nitrogen and oxygen atoms in total. The van der Waals surface area contributed by atoms with Crippen LogP contribution in [0.4, 0.5) is 0 Å². The maximum Gasteiger partial charge on any atom is 0.0991 e. The summed E-state index contributed by atoms with van der Waals surface area (Å²) in [5.41, 5.74) is 8.77. The molecule has 1 aliphatic rings. The zero-order valence-electron chi connectivity index (χ0n) is 14.6. The molecular formula is C22H18N4. The van der Waals surface area contributed by atoms with Crippen molar-refractivity contribution < 1.29 is 0 Å². The van der Waals surface area contributed by atoms with Crippen molar-refractivity contribution in [3.8, 4) is 17.3 Å². The van der Waals surface area contributed by atoms with Gasteiger partial charge in [0.05, 0.1) is 34.1 Å². The molecule has 0 atom stereocenters. The Balaban J connectivity index is 1.86. The molecule has 0 aliphatic heterocycles. The second kappa shape index (κ2) is 5.67. The Hall–Kier alpha value is -3.19. The van der Waals surface area contributed by atoms with Gasteiger partial charge in [-0.15, -0.1) is 0 Å². The molecule has 26 heavy (non-hydrogen) atoms. The van der Waals surface area contributed by atoms with Crippen LogP contribution in [-0.2, 0) is 12.8 Å². The number of nitrogens with zero attached hydrogens (tertiary/aromatic N) is 3. The molecule has 2 heterocycles. The van der Waals surface area contributed by atoms with E-state index in [1.54, 1.807) is 0 Å². The first-order chi connectivity index (χ1) is 12.8. The van der Waals surface area contributed by atoms with E-state index >= 15 is 0 Å². The molecule has 1 N–H and O–H groups in total. The maximum atomic E-state index is 9.06. The third-order valence-electron chi connectivity index (χ3n) is 5.46. The highest BCUT2D eigenvalue weighted by molar-refractivity contribution is 6.09. The number of fused-ring (bicyclic) bond motifs is 5. The van der Waals surface area contributed by atoms with Gasteiger partial charge in [0, 0.05) is 16.3 Å². The molecule has 0 unspecified atom stereocenters. The van der Waals surface area contributed by atoms with Crippen LogP contribution in [0.15, 0.2) is 36.4 Å². The fourth-order valence-corrected chi connectivity index (χ4v) is 4.23. The Kier molecular flexibility index (Phi) is 3.29. The van der Waals surface area contributed by atoms with Gasteiger partial charge in [0.15, 0.2) is 0 Å². The first-order valence-electron chi connectivity index (χ1n) is 9.06. The smallest absolute Gasteiger partial charge is 0.0991 e. The predicted molar refractivity (Wildman–Crippen MR) is 103 cm³/mol. The minimum Gasteiger partial charge on any atom is -0.278 e. The normalized spacial score (nSPS) is 13.7. The lowest BCUT2D eigenvalue weighted by Gasteiger charge is -2.22. The van der Waals surface area contributed by atoms with Crippen LogP contribution in [0.1, 0.15) is 35.2 Å². The van der Waals surface area contributed by atoms with Gasteiger partial charge in [-0.1, -0.05) is 12.1 Å². The molecule has 0 spiro atoms. The van der Waals surface area contributed by atoms with Crippen molar-refractivity contribution in [1.29, 1.82) is 5.26 Å². The first kappa shape index (κ1) is 15.1. The van der Waals surface area contributed by atoms with Crippen molar-refractivity contribution in [3.05, 3.63) is 58.8 Å². The summed E-state index contributed by atoms with van der Waals surface area (Å²) in [7, 11) is 0. The Labute approximate surface area is 151 Å². The van der Waals surface area contributed by atoms with Gasteiger partial charge in [-0.05, 0) is 68.0 Å². The Bertz CT molecular complexity index is 1190. The Morgan fingerprint density at radius 3 is 2.50 bits per heavy atom. The molecule has 2 aromatic carbocycles. The monoisotopic (exact) mass is 338 g/mol. The molecule has 0 saturated carbocycles. The minimum absolute atomic E-state index is 0.680. The molecule has 0 amide bonds. The fourth-order valence-electron chi connectivity index (χ4n) is 4.23. The van der Waals surface area contributed by atoms with Crippen molar-refractivity contribution >= 4 is 21.8 Å². The molecule has 4 aromatic rings. The van der Waals surface area contributed by atoms with Crippen molar-refractivity contribution in [2.75, 3.05) is 0 Å². The van der Waals surface area contributed by atoms with E-state index in [1.807, 2.05) is 24.3 Å². The van der Waals surface area contributed by atoms with E-state index in [-0.39, 0.29) is 0 Å². The van der Waals surface area contributed by atoms with E-state index in [9.17, 15) is 0 Å². The largest absolute Gasteiger partial charge is 0.278 e. The summed E-state index contributed by atoms with van der Waals surface area (Å²) in [4.78, 5) is 5.06. The van der Waals surface area contributed by atoms with Gasteiger partial charge in [-0.3, -0.25) is 5.10 Å². The van der Waals surface area contributed by atoms with Crippen LogP contribution in [0, 0.1) is 18.3 Å². The molecule has 0 radical (unpaired) electrons. The predicted octanol–water partition coefficient (Wildman–Crippen LogP) is 4.84. The van der Waals surface area contributed by atoms with Crippen molar-refractivity contribution in [1.82, 2.24) is 15.2 Å². The molecular weight excluding hydrogens is 320 g/mol. The van der Waals surface area contributed by atoms with Crippen LogP contribution >= 0.6 is 0 Å². The summed E-state index contributed by atoms with van der Waals surface area (Å²) in [6, 6.07) is 14.1. The zero-order valence-corrected chi connectivity index (χ0v) is 14.6. The molecule has 1 aliphatic carbocycles. The van der Waals surface area contributed by atoms with Crippen LogP contribution in [0.25, 0.3) is 33.1 Å². The number of aryl methyl sites for hydroxylation is 2. The summed E-state index contributed by atoms with van der Waals surface area (Å²) < 4.78 is 0. The number of benzene rings is 2. The highest BCUT2D eigenvalue weighted by atomic mass is 15.1. The number of aromatic nitrogens is 3. The van der Waals surface area contributed by atoms with Crippen LogP contribution in [-0.4, -0.2) is 15.2 Å². The van der Waals surface area contributed by atoms with Crippen molar-refractivity contribution in [3.63, 3.8) is 0 Å². The maximum absolute atomic E-state index is 9.06. The summed E-state index contributed by atoms with van der Waals surface area (Å²) in [6.07, 6.45) is 4.55. The molecule has 0 bridgehead atoms. The first-order valence-corrected chi connectivity index (χ1v) is 9.06. The average Bonchev–Trinajstić information content (AvgIpc) is 3.08. The van der Waals surface area contributed by atoms with Gasteiger partial charge in [0.25, 0.3) is 0 Å². The molecule has 5 rings (SSSR count). The summed E-state index contributed by atoms with van der Waals surface area (Å²) >= 11 is 0. The van der Waals surface area contributed by atoms with E-state index in [0.29, 0.717) is 5.56 Å². The van der Waals surface area contributed by atoms with Crippen LogP contribution < -0.4 is 0 Å². The van der Waals surface area contributed by atoms with Crippen molar-refractivity contribution in [2.24, 2.45) is 0 Å². The lowest BCUT2D eigenvalue weighted by atomic mass is 9.85. The number of H-pyrrole nitrogens is 1. The Morgan fingerprint density at radius 2 is 1.73 bits per heavy atom. The van der Waals surface area contributed by atoms with Gasteiger partial charge in [0.2, 0.25) is 0 Å². The second-order valence-electron chi connectivity index (χ2n) is 7.01. The van der Waals surface area contributed by atoms with E-state index in [4.69, 9.17) is 10.2 Å². The van der Waals surface area contributed by atoms with E-state index < -0.39 is 0 Å². The molecule has 4 heteroatoms. The number of pyridine rings is 1. The number of nitriles is 1. The number of nitrogens with one attached hydrogen (secondary N) is 1. The average molecular weight is 338 g/mol. The number of hydrogen-bond donors (Lipinski definition) is 1. The number of aromatic amines is 1. The van der Waals surface area contributed by atoms with Crippen molar-refractivity contribution in [2.45, 2.75) is 32.6 Å². The van der Waals surface area contributed by atoms with Gasteiger partial charge in [-0.25, -0.2) is 4.98 Å². The zero-order chi connectivity index (χ0) is 17.7. The standard InChI is InChI=1S/C22H18N4/c1-13-20-19(26-25-13)11-10-18-21(20)16-4-2-3-5-17(16)22(24-18)15-8-6-14(12-23)7-9-15/h6-11H,2-5H2,1H3,(H,25,26). The van der Waals surface area contributed by atoms with Gasteiger partial charge in [0.1, 0.15) is 0 Å². The topological polar surface area (TPSA) is 65.4 Å². The highest BCUT2D eigenvalue weighted by Crippen LogP contribution is 2.38. The highest BCUT2D eigenvalue weighted by Gasteiger charge is 2.21. The van der Waals surface area contributed by atoms with Crippen LogP contribution in [0.2, 0.25) is 0 Å². The second-order valence-corrected chi connectivity index (χ2v) is 7.01. The Morgan fingerprint density at radius 1 is 0.962 bits per heavy atom. The third-order valence-corrected chi connectivity index (χ3v) is 5.46. The molecule has 2 aromatic heterocycles. The van der Waals surface area contributed by atoms with E-state index in [0.717, 1.165) is 40.8 Å². The third kappa shape index (κ3) is 2.14. The van der Waals surface area contributed by atoms with Crippen LogP contribution in [0.3, 0.4) is 0 Å². The van der Waals surface area contributed by atoms with Gasteiger partial charge >= 0.3 is 0 Å². The van der Waals surface area contributed by atoms with Crippen LogP contribution in [0.5, 0.6) is 0 Å². The quantitative estimate of drug-likeness (QED) is 0.540.